The molecule has 0 fully saturated rings. The average molecular weight is 348 g/mol. The first kappa shape index (κ1) is 17.7. The molecule has 0 bridgehead atoms. The van der Waals surface area contributed by atoms with Crippen molar-refractivity contribution in [3.63, 3.8) is 0 Å². The maximum absolute atomic E-state index is 12.2. The van der Waals surface area contributed by atoms with Crippen LogP contribution in [0, 0.1) is 0 Å². The van der Waals surface area contributed by atoms with Gasteiger partial charge in [0.05, 0.1) is 12.3 Å². The fourth-order valence-electron chi connectivity index (χ4n) is 2.00. The smallest absolute Gasteiger partial charge is 0.273 e. The van der Waals surface area contributed by atoms with Crippen molar-refractivity contribution in [2.24, 2.45) is 0 Å². The number of carbonyl (C=O) groups excluding carboxylic acids is 2. The number of hydrogen-bond donors (Lipinski definition) is 3. The van der Waals surface area contributed by atoms with E-state index in [-0.39, 0.29) is 28.1 Å². The summed E-state index contributed by atoms with van der Waals surface area (Å²) in [5.74, 6) is 0.0529. The summed E-state index contributed by atoms with van der Waals surface area (Å²) in [6.45, 7) is 5.14. The minimum Gasteiger partial charge on any atom is -0.494 e. The normalized spacial score (nSPS) is 10.2. The fraction of sp³-hybridized carbons (Fsp3) is 0.312. The molecule has 0 saturated heterocycles. The van der Waals surface area contributed by atoms with Gasteiger partial charge >= 0.3 is 0 Å². The molecular formula is C16H20N4O3S. The summed E-state index contributed by atoms with van der Waals surface area (Å²) in [4.78, 5) is 24.2. The SMILES string of the molecule is CCNC(=O)c1nsc(C(=O)NCc2ccc(OCC)cc2)c1N. The Bertz CT molecular complexity index is 713. The van der Waals surface area contributed by atoms with E-state index in [9.17, 15) is 9.59 Å². The first-order valence-corrected chi connectivity index (χ1v) is 8.37. The van der Waals surface area contributed by atoms with Gasteiger partial charge in [0.2, 0.25) is 0 Å². The number of rotatable bonds is 7. The molecule has 1 aromatic carbocycles. The maximum Gasteiger partial charge on any atom is 0.273 e. The molecule has 24 heavy (non-hydrogen) atoms. The number of nitrogens with two attached hydrogens (primary N) is 1. The molecule has 7 nitrogen and oxygen atoms in total. The van der Waals surface area contributed by atoms with Crippen LogP contribution in [0.25, 0.3) is 0 Å². The Morgan fingerprint density at radius 3 is 2.50 bits per heavy atom. The van der Waals surface area contributed by atoms with Crippen LogP contribution in [0.5, 0.6) is 5.75 Å². The van der Waals surface area contributed by atoms with Gasteiger partial charge in [-0.15, -0.1) is 0 Å². The molecule has 0 aliphatic heterocycles. The summed E-state index contributed by atoms with van der Waals surface area (Å²) in [6.07, 6.45) is 0. The standard InChI is InChI=1S/C16H20N4O3S/c1-3-18-15(21)13-12(17)14(24-20-13)16(22)19-9-10-5-7-11(8-6-10)23-4-2/h5-8H,3-4,9,17H2,1-2H3,(H,18,21)(H,19,22). The number of nitrogens with one attached hydrogen (secondary N) is 2. The Balaban J connectivity index is 1.98. The summed E-state index contributed by atoms with van der Waals surface area (Å²) in [7, 11) is 0. The third kappa shape index (κ3) is 4.23. The second-order valence-electron chi connectivity index (χ2n) is 4.89. The Hall–Kier alpha value is -2.61. The van der Waals surface area contributed by atoms with Crippen LogP contribution in [0.3, 0.4) is 0 Å². The van der Waals surface area contributed by atoms with Crippen LogP contribution in [0.15, 0.2) is 24.3 Å². The van der Waals surface area contributed by atoms with Crippen LogP contribution in [-0.4, -0.2) is 29.3 Å². The molecule has 8 heteroatoms. The monoisotopic (exact) mass is 348 g/mol. The van der Waals surface area contributed by atoms with Gasteiger partial charge in [-0.25, -0.2) is 0 Å². The number of aromatic nitrogens is 1. The molecule has 4 N–H and O–H groups in total. The highest BCUT2D eigenvalue weighted by molar-refractivity contribution is 7.09. The van der Waals surface area contributed by atoms with E-state index in [2.05, 4.69) is 15.0 Å². The molecular weight excluding hydrogens is 328 g/mol. The Morgan fingerprint density at radius 1 is 1.17 bits per heavy atom. The number of amides is 2. The molecule has 0 aliphatic rings. The van der Waals surface area contributed by atoms with E-state index >= 15 is 0 Å². The zero-order valence-electron chi connectivity index (χ0n) is 13.6. The second kappa shape index (κ2) is 8.30. The van der Waals surface area contributed by atoms with Crippen LogP contribution in [0.1, 0.15) is 39.6 Å². The lowest BCUT2D eigenvalue weighted by Crippen LogP contribution is -2.25. The van der Waals surface area contributed by atoms with Gasteiger partial charge in [-0.1, -0.05) is 12.1 Å². The summed E-state index contributed by atoms with van der Waals surface area (Å²) in [5.41, 5.74) is 6.99. The highest BCUT2D eigenvalue weighted by Crippen LogP contribution is 2.21. The van der Waals surface area contributed by atoms with E-state index in [1.54, 1.807) is 6.92 Å². The second-order valence-corrected chi connectivity index (χ2v) is 5.67. The van der Waals surface area contributed by atoms with Crippen LogP contribution < -0.4 is 21.1 Å². The highest BCUT2D eigenvalue weighted by atomic mass is 32.1. The van der Waals surface area contributed by atoms with Crippen LogP contribution in [0.4, 0.5) is 5.69 Å². The molecule has 128 valence electrons. The van der Waals surface area contributed by atoms with Crippen molar-refractivity contribution in [2.45, 2.75) is 20.4 Å². The van der Waals surface area contributed by atoms with E-state index < -0.39 is 0 Å². The van der Waals surface area contributed by atoms with Gasteiger partial charge in [0, 0.05) is 13.1 Å². The Morgan fingerprint density at radius 2 is 1.88 bits per heavy atom. The van der Waals surface area contributed by atoms with Crippen LogP contribution >= 0.6 is 11.5 Å². The lowest BCUT2D eigenvalue weighted by Gasteiger charge is -2.06. The first-order valence-electron chi connectivity index (χ1n) is 7.60. The van der Waals surface area contributed by atoms with E-state index in [0.29, 0.717) is 19.7 Å². The Labute approximate surface area is 144 Å². The van der Waals surface area contributed by atoms with Crippen molar-refractivity contribution in [3.05, 3.63) is 40.4 Å². The molecule has 0 radical (unpaired) electrons. The van der Waals surface area contributed by atoms with E-state index in [4.69, 9.17) is 10.5 Å². The molecule has 1 heterocycles. The van der Waals surface area contributed by atoms with Gasteiger partial charge in [0.1, 0.15) is 10.6 Å². The fourth-order valence-corrected chi connectivity index (χ4v) is 2.72. The molecule has 0 aliphatic carbocycles. The Kier molecular flexibility index (Phi) is 6.14. The van der Waals surface area contributed by atoms with Crippen molar-refractivity contribution >= 4 is 29.0 Å². The van der Waals surface area contributed by atoms with Crippen molar-refractivity contribution in [2.75, 3.05) is 18.9 Å². The summed E-state index contributed by atoms with van der Waals surface area (Å²) >= 11 is 0.915. The zero-order valence-corrected chi connectivity index (χ0v) is 14.4. The molecule has 2 rings (SSSR count). The average Bonchev–Trinajstić information content (AvgIpc) is 2.96. The molecule has 2 aromatic rings. The number of anilines is 1. The number of carbonyl (C=O) groups is 2. The van der Waals surface area contributed by atoms with Crippen molar-refractivity contribution in [1.82, 2.24) is 15.0 Å². The van der Waals surface area contributed by atoms with Crippen molar-refractivity contribution in [3.8, 4) is 5.75 Å². The van der Waals surface area contributed by atoms with E-state index in [1.807, 2.05) is 31.2 Å². The molecule has 0 spiro atoms. The topological polar surface area (TPSA) is 106 Å². The third-order valence-electron chi connectivity index (χ3n) is 3.17. The summed E-state index contributed by atoms with van der Waals surface area (Å²) in [6, 6.07) is 7.45. The van der Waals surface area contributed by atoms with Gasteiger partial charge in [0.25, 0.3) is 11.8 Å². The number of nitrogens with zero attached hydrogens (tertiary/aromatic N) is 1. The largest absolute Gasteiger partial charge is 0.494 e. The van der Waals surface area contributed by atoms with Crippen LogP contribution in [-0.2, 0) is 6.54 Å². The molecule has 0 atom stereocenters. The van der Waals surface area contributed by atoms with Gasteiger partial charge in [-0.2, -0.15) is 4.37 Å². The number of benzene rings is 1. The number of hydrogen-bond acceptors (Lipinski definition) is 6. The minimum atomic E-state index is -0.378. The molecule has 0 unspecified atom stereocenters. The number of ether oxygens (including phenoxy) is 1. The lowest BCUT2D eigenvalue weighted by atomic mass is 10.2. The highest BCUT2D eigenvalue weighted by Gasteiger charge is 2.21. The number of nitrogen functional groups attached to an aromatic ring is 1. The van der Waals surface area contributed by atoms with Gasteiger partial charge < -0.3 is 21.1 Å². The predicted octanol–water partition coefficient (Wildman–Crippen LogP) is 1.80. The van der Waals surface area contributed by atoms with Crippen LogP contribution in [0.2, 0.25) is 0 Å². The van der Waals surface area contributed by atoms with Crippen molar-refractivity contribution < 1.29 is 14.3 Å². The van der Waals surface area contributed by atoms with Gasteiger partial charge in [-0.3, -0.25) is 9.59 Å². The molecule has 1 aromatic heterocycles. The minimum absolute atomic E-state index is 0.0908. The zero-order chi connectivity index (χ0) is 17.5. The van der Waals surface area contributed by atoms with E-state index in [1.165, 1.54) is 0 Å². The predicted molar refractivity (Wildman–Crippen MR) is 93.3 cm³/mol. The summed E-state index contributed by atoms with van der Waals surface area (Å²) in [5, 5.41) is 5.38. The molecule has 2 amide bonds. The van der Waals surface area contributed by atoms with Crippen molar-refractivity contribution in [1.29, 1.82) is 0 Å². The molecule has 0 saturated carbocycles. The summed E-state index contributed by atoms with van der Waals surface area (Å²) < 4.78 is 9.34. The van der Waals surface area contributed by atoms with Gasteiger partial charge in [0.15, 0.2) is 5.69 Å². The third-order valence-corrected chi connectivity index (χ3v) is 4.04. The first-order chi connectivity index (χ1) is 11.6. The maximum atomic E-state index is 12.2. The quantitative estimate of drug-likeness (QED) is 0.707. The van der Waals surface area contributed by atoms with E-state index in [0.717, 1.165) is 22.8 Å². The lowest BCUT2D eigenvalue weighted by molar-refractivity contribution is 0.0950. The van der Waals surface area contributed by atoms with Gasteiger partial charge in [-0.05, 0) is 43.1 Å².